The largest absolute Gasteiger partial charge is 0.481 e. The second kappa shape index (κ2) is 4.57. The van der Waals surface area contributed by atoms with Gasteiger partial charge in [-0.2, -0.15) is 0 Å². The maximum absolute atomic E-state index is 11.8. The summed E-state index contributed by atoms with van der Waals surface area (Å²) in [6, 6.07) is 9.49. The van der Waals surface area contributed by atoms with Crippen LogP contribution in [0.5, 0.6) is 0 Å². The van der Waals surface area contributed by atoms with Crippen LogP contribution in [0.2, 0.25) is 0 Å². The van der Waals surface area contributed by atoms with Gasteiger partial charge in [0.05, 0.1) is 5.92 Å². The van der Waals surface area contributed by atoms with Gasteiger partial charge in [-0.3, -0.25) is 4.79 Å². The van der Waals surface area contributed by atoms with E-state index in [1.165, 1.54) is 0 Å². The van der Waals surface area contributed by atoms with E-state index < -0.39 is 5.97 Å². The number of aliphatic carboxylic acids is 1. The van der Waals surface area contributed by atoms with Gasteiger partial charge in [-0.25, -0.2) is 4.79 Å². The minimum absolute atomic E-state index is 0.127. The zero-order valence-corrected chi connectivity index (χ0v) is 10.4. The summed E-state index contributed by atoms with van der Waals surface area (Å²) in [6.07, 6.45) is -0.347. The standard InChI is InChI=1S/C14H15NO4/c16-13(17)12-10-6-15(7-11(10)12)14(18)19-8-9-4-2-1-3-5-9/h1-5,10-12H,6-8H2,(H,16,17)/t10-,11-/m0/s1. The number of ether oxygens (including phenoxy) is 1. The van der Waals surface area contributed by atoms with Crippen molar-refractivity contribution in [3.05, 3.63) is 35.9 Å². The average Bonchev–Trinajstić information content (AvgIpc) is 2.93. The fourth-order valence-electron chi connectivity index (χ4n) is 2.85. The maximum atomic E-state index is 11.8. The van der Waals surface area contributed by atoms with Crippen molar-refractivity contribution in [3.63, 3.8) is 0 Å². The molecule has 0 spiro atoms. The third-order valence-electron chi connectivity index (χ3n) is 3.94. The Bertz CT molecular complexity index is 489. The van der Waals surface area contributed by atoms with Gasteiger partial charge in [0.2, 0.25) is 0 Å². The first kappa shape index (κ1) is 12.0. The van der Waals surface area contributed by atoms with Crippen molar-refractivity contribution in [1.82, 2.24) is 4.90 Å². The summed E-state index contributed by atoms with van der Waals surface area (Å²) >= 11 is 0. The molecule has 1 aliphatic heterocycles. The first-order valence-corrected chi connectivity index (χ1v) is 6.35. The van der Waals surface area contributed by atoms with E-state index in [0.717, 1.165) is 5.56 Å². The number of amides is 1. The van der Waals surface area contributed by atoms with Gasteiger partial charge in [-0.1, -0.05) is 30.3 Å². The molecule has 19 heavy (non-hydrogen) atoms. The van der Waals surface area contributed by atoms with Crippen LogP contribution >= 0.6 is 0 Å². The summed E-state index contributed by atoms with van der Waals surface area (Å²) in [5.41, 5.74) is 0.948. The summed E-state index contributed by atoms with van der Waals surface area (Å²) in [6.45, 7) is 1.28. The van der Waals surface area contributed by atoms with E-state index in [-0.39, 0.29) is 30.5 Å². The summed E-state index contributed by atoms with van der Waals surface area (Å²) in [5.74, 6) is -0.742. The Labute approximate surface area is 110 Å². The van der Waals surface area contributed by atoms with Gasteiger partial charge in [-0.15, -0.1) is 0 Å². The average molecular weight is 261 g/mol. The topological polar surface area (TPSA) is 66.8 Å². The molecule has 2 atom stereocenters. The zero-order valence-electron chi connectivity index (χ0n) is 10.4. The van der Waals surface area contributed by atoms with E-state index in [0.29, 0.717) is 13.1 Å². The molecule has 2 fully saturated rings. The number of hydrogen-bond acceptors (Lipinski definition) is 3. The molecule has 5 nitrogen and oxygen atoms in total. The number of carboxylic acids is 1. The SMILES string of the molecule is O=C(O)C1[C@H]2CN(C(=O)OCc3ccccc3)C[C@H]12. The van der Waals surface area contributed by atoms with Gasteiger partial charge in [0.15, 0.2) is 0 Å². The molecule has 3 rings (SSSR count). The molecule has 1 saturated heterocycles. The fraction of sp³-hybridized carbons (Fsp3) is 0.429. The number of likely N-dealkylation sites (tertiary alicyclic amines) is 1. The number of nitrogens with zero attached hydrogens (tertiary/aromatic N) is 1. The van der Waals surface area contributed by atoms with E-state index in [1.807, 2.05) is 30.3 Å². The van der Waals surface area contributed by atoms with Crippen LogP contribution in [0, 0.1) is 17.8 Å². The van der Waals surface area contributed by atoms with Crippen LogP contribution in [-0.4, -0.2) is 35.2 Å². The number of piperidine rings is 1. The van der Waals surface area contributed by atoms with Crippen LogP contribution in [0.3, 0.4) is 0 Å². The number of benzene rings is 1. The van der Waals surface area contributed by atoms with E-state index in [1.54, 1.807) is 4.90 Å². The van der Waals surface area contributed by atoms with Crippen LogP contribution in [-0.2, 0) is 16.1 Å². The highest BCUT2D eigenvalue weighted by Crippen LogP contribution is 2.51. The molecule has 0 unspecified atom stereocenters. The lowest BCUT2D eigenvalue weighted by Crippen LogP contribution is -2.32. The zero-order chi connectivity index (χ0) is 13.4. The Morgan fingerprint density at radius 3 is 2.42 bits per heavy atom. The van der Waals surface area contributed by atoms with Crippen LogP contribution in [0.1, 0.15) is 5.56 Å². The van der Waals surface area contributed by atoms with Crippen LogP contribution in [0.4, 0.5) is 4.79 Å². The Morgan fingerprint density at radius 1 is 1.21 bits per heavy atom. The molecule has 0 bridgehead atoms. The van der Waals surface area contributed by atoms with Crippen molar-refractivity contribution in [1.29, 1.82) is 0 Å². The molecular formula is C14H15NO4. The summed E-state index contributed by atoms with van der Waals surface area (Å²) in [7, 11) is 0. The summed E-state index contributed by atoms with van der Waals surface area (Å²) < 4.78 is 5.22. The van der Waals surface area contributed by atoms with Crippen molar-refractivity contribution in [2.45, 2.75) is 6.61 Å². The maximum Gasteiger partial charge on any atom is 0.410 e. The molecule has 5 heteroatoms. The van der Waals surface area contributed by atoms with Crippen molar-refractivity contribution in [2.75, 3.05) is 13.1 Å². The molecular weight excluding hydrogens is 246 g/mol. The van der Waals surface area contributed by atoms with Crippen LogP contribution in [0.25, 0.3) is 0 Å². The van der Waals surface area contributed by atoms with E-state index in [4.69, 9.17) is 9.84 Å². The second-order valence-electron chi connectivity index (χ2n) is 5.14. The molecule has 100 valence electrons. The quantitative estimate of drug-likeness (QED) is 0.897. The fourth-order valence-corrected chi connectivity index (χ4v) is 2.85. The highest BCUT2D eigenvalue weighted by atomic mass is 16.6. The van der Waals surface area contributed by atoms with E-state index in [2.05, 4.69) is 0 Å². The first-order chi connectivity index (χ1) is 9.16. The third-order valence-corrected chi connectivity index (χ3v) is 3.94. The van der Waals surface area contributed by atoms with Gasteiger partial charge >= 0.3 is 12.1 Å². The van der Waals surface area contributed by atoms with Crippen molar-refractivity contribution < 1.29 is 19.4 Å². The molecule has 1 amide bonds. The van der Waals surface area contributed by atoms with Gasteiger partial charge in [0, 0.05) is 13.1 Å². The predicted octanol–water partition coefficient (Wildman–Crippen LogP) is 1.59. The molecule has 1 N–H and O–H groups in total. The first-order valence-electron chi connectivity index (χ1n) is 6.35. The number of carbonyl (C=O) groups excluding carboxylic acids is 1. The number of carbonyl (C=O) groups is 2. The molecule has 1 heterocycles. The lowest BCUT2D eigenvalue weighted by Gasteiger charge is -2.18. The van der Waals surface area contributed by atoms with Crippen molar-refractivity contribution in [2.24, 2.45) is 17.8 Å². The van der Waals surface area contributed by atoms with Crippen LogP contribution in [0.15, 0.2) is 30.3 Å². The van der Waals surface area contributed by atoms with Gasteiger partial charge in [0.25, 0.3) is 0 Å². The Hall–Kier alpha value is -2.04. The number of carboxylic acid groups (broad SMARTS) is 1. The normalized spacial score (nSPS) is 27.8. The van der Waals surface area contributed by atoms with Gasteiger partial charge in [0.1, 0.15) is 6.61 Å². The number of fused-ring (bicyclic) bond motifs is 1. The van der Waals surface area contributed by atoms with Gasteiger partial charge < -0.3 is 14.7 Å². The monoisotopic (exact) mass is 261 g/mol. The smallest absolute Gasteiger partial charge is 0.410 e. The van der Waals surface area contributed by atoms with Crippen molar-refractivity contribution in [3.8, 4) is 0 Å². The Balaban J connectivity index is 1.47. The predicted molar refractivity (Wildman–Crippen MR) is 66.3 cm³/mol. The summed E-state index contributed by atoms with van der Waals surface area (Å²) in [4.78, 5) is 24.3. The number of rotatable bonds is 3. The lowest BCUT2D eigenvalue weighted by molar-refractivity contribution is -0.139. The second-order valence-corrected chi connectivity index (χ2v) is 5.14. The number of hydrogen-bond donors (Lipinski definition) is 1. The molecule has 2 aliphatic rings. The Morgan fingerprint density at radius 2 is 1.84 bits per heavy atom. The van der Waals surface area contributed by atoms with Gasteiger partial charge in [-0.05, 0) is 17.4 Å². The lowest BCUT2D eigenvalue weighted by atomic mass is 10.2. The highest BCUT2D eigenvalue weighted by Gasteiger charge is 2.60. The molecule has 1 aromatic rings. The van der Waals surface area contributed by atoms with Crippen LogP contribution < -0.4 is 0 Å². The minimum Gasteiger partial charge on any atom is -0.481 e. The molecule has 1 aliphatic carbocycles. The minimum atomic E-state index is -0.743. The van der Waals surface area contributed by atoms with Crippen molar-refractivity contribution >= 4 is 12.1 Å². The highest BCUT2D eigenvalue weighted by molar-refractivity contribution is 5.76. The van der Waals surface area contributed by atoms with E-state index in [9.17, 15) is 9.59 Å². The summed E-state index contributed by atoms with van der Waals surface area (Å²) in [5, 5.41) is 8.90. The van der Waals surface area contributed by atoms with E-state index >= 15 is 0 Å². The molecule has 0 radical (unpaired) electrons. The Kier molecular flexibility index (Phi) is 2.89. The third kappa shape index (κ3) is 2.28. The molecule has 1 aromatic carbocycles. The molecule has 0 aromatic heterocycles. The molecule has 1 saturated carbocycles.